The number of hydrogen-bond donors (Lipinski definition) is 1. The first kappa shape index (κ1) is 12.3. The van der Waals surface area contributed by atoms with E-state index in [4.69, 9.17) is 11.6 Å². The van der Waals surface area contributed by atoms with Crippen LogP contribution in [-0.2, 0) is 0 Å². The number of anilines is 1. The molecular formula is C14H10ClN3S. The molecule has 19 heavy (non-hydrogen) atoms. The highest BCUT2D eigenvalue weighted by Crippen LogP contribution is 2.24. The summed E-state index contributed by atoms with van der Waals surface area (Å²) in [5.74, 6) is 0.512. The van der Waals surface area contributed by atoms with Gasteiger partial charge in [-0.25, -0.2) is 4.98 Å². The number of aromatic nitrogens is 2. The summed E-state index contributed by atoms with van der Waals surface area (Å²) in [5, 5.41) is 1.32. The van der Waals surface area contributed by atoms with Gasteiger partial charge in [-0.2, -0.15) is 4.98 Å². The second kappa shape index (κ2) is 5.47. The first-order chi connectivity index (χ1) is 9.33. The molecule has 5 heteroatoms. The van der Waals surface area contributed by atoms with E-state index in [9.17, 15) is 0 Å². The highest BCUT2D eigenvalue weighted by atomic mass is 35.5. The van der Waals surface area contributed by atoms with Crippen molar-refractivity contribution in [3.05, 3.63) is 59.8 Å². The van der Waals surface area contributed by atoms with Crippen LogP contribution in [-0.4, -0.2) is 9.97 Å². The van der Waals surface area contributed by atoms with Gasteiger partial charge in [0.15, 0.2) is 0 Å². The quantitative estimate of drug-likeness (QED) is 0.572. The standard InChI is InChI=1S/C14H10ClN3S/c15-13-11-8-4-5-9-12(11)16-14(17-13)18-19-10-6-2-1-3-7-10/h1-9H,(H,16,17,18). The number of hydrogen-bond acceptors (Lipinski definition) is 4. The highest BCUT2D eigenvalue weighted by Gasteiger charge is 2.05. The number of benzene rings is 2. The van der Waals surface area contributed by atoms with Gasteiger partial charge in [0, 0.05) is 10.3 Å². The zero-order valence-electron chi connectivity index (χ0n) is 9.88. The Kier molecular flexibility index (Phi) is 3.53. The molecule has 0 aliphatic rings. The molecule has 2 aromatic carbocycles. The molecule has 0 atom stereocenters. The number of nitrogens with one attached hydrogen (secondary N) is 1. The van der Waals surface area contributed by atoms with Crippen molar-refractivity contribution < 1.29 is 0 Å². The van der Waals surface area contributed by atoms with Crippen LogP contribution >= 0.6 is 23.5 Å². The number of halogens is 1. The molecule has 0 unspecified atom stereocenters. The maximum absolute atomic E-state index is 6.14. The predicted octanol–water partition coefficient (Wildman–Crippen LogP) is 4.40. The molecule has 0 saturated carbocycles. The molecular weight excluding hydrogens is 278 g/mol. The molecule has 0 bridgehead atoms. The maximum Gasteiger partial charge on any atom is 0.235 e. The molecule has 1 heterocycles. The average Bonchev–Trinajstić information content (AvgIpc) is 2.46. The monoisotopic (exact) mass is 287 g/mol. The van der Waals surface area contributed by atoms with Crippen molar-refractivity contribution in [2.75, 3.05) is 4.72 Å². The Balaban J connectivity index is 1.85. The Morgan fingerprint density at radius 2 is 1.63 bits per heavy atom. The van der Waals surface area contributed by atoms with Crippen LogP contribution in [0.5, 0.6) is 0 Å². The van der Waals surface area contributed by atoms with E-state index in [1.165, 1.54) is 11.9 Å². The average molecular weight is 288 g/mol. The molecule has 0 radical (unpaired) electrons. The second-order valence-corrected chi connectivity index (χ2v) is 5.11. The van der Waals surface area contributed by atoms with Crippen LogP contribution in [0.25, 0.3) is 10.9 Å². The minimum absolute atomic E-state index is 0.460. The summed E-state index contributed by atoms with van der Waals surface area (Å²) >= 11 is 7.60. The Labute approximate surface area is 120 Å². The van der Waals surface area contributed by atoms with Crippen molar-refractivity contribution in [3.63, 3.8) is 0 Å². The van der Waals surface area contributed by atoms with Gasteiger partial charge in [-0.15, -0.1) is 0 Å². The van der Waals surface area contributed by atoms with Gasteiger partial charge in [0.1, 0.15) is 5.15 Å². The molecule has 3 aromatic rings. The van der Waals surface area contributed by atoms with E-state index in [1.54, 1.807) is 0 Å². The molecule has 0 fully saturated rings. The Morgan fingerprint density at radius 1 is 0.895 bits per heavy atom. The summed E-state index contributed by atoms with van der Waals surface area (Å²) in [6.07, 6.45) is 0. The Hall–Kier alpha value is -1.78. The summed E-state index contributed by atoms with van der Waals surface area (Å²) in [6.45, 7) is 0. The van der Waals surface area contributed by atoms with E-state index in [0.29, 0.717) is 11.1 Å². The van der Waals surface area contributed by atoms with E-state index in [2.05, 4.69) is 14.7 Å². The molecule has 94 valence electrons. The first-order valence-corrected chi connectivity index (χ1v) is 6.92. The van der Waals surface area contributed by atoms with Crippen molar-refractivity contribution in [1.29, 1.82) is 0 Å². The lowest BCUT2D eigenvalue weighted by molar-refractivity contribution is 1.24. The van der Waals surface area contributed by atoms with Crippen LogP contribution in [0.4, 0.5) is 5.95 Å². The molecule has 0 aliphatic carbocycles. The zero-order valence-corrected chi connectivity index (χ0v) is 11.4. The van der Waals surface area contributed by atoms with Gasteiger partial charge in [-0.1, -0.05) is 41.9 Å². The van der Waals surface area contributed by atoms with Crippen molar-refractivity contribution >= 4 is 40.4 Å². The summed E-state index contributed by atoms with van der Waals surface area (Å²) in [5.41, 5.74) is 0.832. The molecule has 3 nitrogen and oxygen atoms in total. The fourth-order valence-corrected chi connectivity index (χ4v) is 2.51. The van der Waals surface area contributed by atoms with Crippen LogP contribution in [0.15, 0.2) is 59.5 Å². The number of nitrogens with zero attached hydrogens (tertiary/aromatic N) is 2. The maximum atomic E-state index is 6.14. The Bertz CT molecular complexity index is 703. The molecule has 0 saturated heterocycles. The summed E-state index contributed by atoms with van der Waals surface area (Å²) in [6, 6.07) is 17.7. The summed E-state index contributed by atoms with van der Waals surface area (Å²) in [7, 11) is 0. The number of para-hydroxylation sites is 1. The molecule has 0 amide bonds. The van der Waals surface area contributed by atoms with Crippen LogP contribution < -0.4 is 4.72 Å². The lowest BCUT2D eigenvalue weighted by atomic mass is 10.2. The molecule has 1 N–H and O–H groups in total. The first-order valence-electron chi connectivity index (χ1n) is 5.73. The molecule has 3 rings (SSSR count). The SMILES string of the molecule is Clc1nc(NSc2ccccc2)nc2ccccc12. The van der Waals surface area contributed by atoms with Crippen molar-refractivity contribution in [2.45, 2.75) is 4.90 Å². The fraction of sp³-hybridized carbons (Fsp3) is 0. The second-order valence-electron chi connectivity index (χ2n) is 3.87. The van der Waals surface area contributed by atoms with Gasteiger partial charge in [0.2, 0.25) is 5.95 Å². The van der Waals surface area contributed by atoms with Gasteiger partial charge in [-0.3, -0.25) is 4.72 Å². The topological polar surface area (TPSA) is 37.8 Å². The van der Waals surface area contributed by atoms with Crippen molar-refractivity contribution in [1.82, 2.24) is 9.97 Å². The Morgan fingerprint density at radius 3 is 2.47 bits per heavy atom. The van der Waals surface area contributed by atoms with E-state index in [1.807, 2.05) is 54.6 Å². The lowest BCUT2D eigenvalue weighted by Crippen LogP contribution is -1.95. The van der Waals surface area contributed by atoms with E-state index >= 15 is 0 Å². The normalized spacial score (nSPS) is 10.6. The smallest absolute Gasteiger partial charge is 0.235 e. The molecule has 0 spiro atoms. The predicted molar refractivity (Wildman–Crippen MR) is 80.5 cm³/mol. The van der Waals surface area contributed by atoms with Gasteiger partial charge in [0.25, 0.3) is 0 Å². The third-order valence-electron chi connectivity index (χ3n) is 2.56. The van der Waals surface area contributed by atoms with E-state index in [0.717, 1.165) is 15.8 Å². The van der Waals surface area contributed by atoms with E-state index in [-0.39, 0.29) is 0 Å². The van der Waals surface area contributed by atoms with Crippen LogP contribution in [0.3, 0.4) is 0 Å². The molecule has 1 aromatic heterocycles. The van der Waals surface area contributed by atoms with Gasteiger partial charge >= 0.3 is 0 Å². The summed E-state index contributed by atoms with van der Waals surface area (Å²) in [4.78, 5) is 9.76. The minimum Gasteiger partial charge on any atom is -0.294 e. The zero-order chi connectivity index (χ0) is 13.1. The highest BCUT2D eigenvalue weighted by molar-refractivity contribution is 8.00. The number of rotatable bonds is 3. The van der Waals surface area contributed by atoms with Gasteiger partial charge in [0.05, 0.1) is 5.52 Å². The number of fused-ring (bicyclic) bond motifs is 1. The molecule has 0 aliphatic heterocycles. The van der Waals surface area contributed by atoms with Crippen LogP contribution in [0, 0.1) is 0 Å². The fourth-order valence-electron chi connectivity index (χ4n) is 1.68. The van der Waals surface area contributed by atoms with Gasteiger partial charge in [-0.05, 0) is 36.2 Å². The minimum atomic E-state index is 0.460. The van der Waals surface area contributed by atoms with Crippen molar-refractivity contribution in [2.24, 2.45) is 0 Å². The van der Waals surface area contributed by atoms with Gasteiger partial charge < -0.3 is 0 Å². The van der Waals surface area contributed by atoms with Crippen LogP contribution in [0.2, 0.25) is 5.15 Å². The van der Waals surface area contributed by atoms with E-state index < -0.39 is 0 Å². The van der Waals surface area contributed by atoms with Crippen LogP contribution in [0.1, 0.15) is 0 Å². The summed E-state index contributed by atoms with van der Waals surface area (Å²) < 4.78 is 3.10. The lowest BCUT2D eigenvalue weighted by Gasteiger charge is -2.06. The van der Waals surface area contributed by atoms with Crippen molar-refractivity contribution in [3.8, 4) is 0 Å². The third-order valence-corrected chi connectivity index (χ3v) is 3.64. The largest absolute Gasteiger partial charge is 0.294 e. The third kappa shape index (κ3) is 2.80.